The Balaban J connectivity index is 0.957. The van der Waals surface area contributed by atoms with Gasteiger partial charge in [-0.15, -0.1) is 0 Å². The van der Waals surface area contributed by atoms with E-state index in [9.17, 15) is 0 Å². The number of benzene rings is 10. The summed E-state index contributed by atoms with van der Waals surface area (Å²) in [7, 11) is 0. The third kappa shape index (κ3) is 7.04. The van der Waals surface area contributed by atoms with Crippen LogP contribution >= 0.6 is 0 Å². The maximum Gasteiger partial charge on any atom is 0.0547 e. The van der Waals surface area contributed by atoms with Crippen LogP contribution in [-0.2, 0) is 0 Å². The molecule has 0 spiro atoms. The number of hydrogen-bond acceptors (Lipinski definition) is 1. The van der Waals surface area contributed by atoms with Gasteiger partial charge in [0.25, 0.3) is 0 Å². The van der Waals surface area contributed by atoms with Crippen LogP contribution in [0.2, 0.25) is 0 Å². The lowest BCUT2D eigenvalue weighted by atomic mass is 10.0. The summed E-state index contributed by atoms with van der Waals surface area (Å²) < 4.78 is 2.43. The summed E-state index contributed by atoms with van der Waals surface area (Å²) in [5.41, 5.74) is 18.8. The predicted octanol–water partition coefficient (Wildman–Crippen LogP) is 16.6. The topological polar surface area (TPSA) is 8.17 Å². The third-order valence-corrected chi connectivity index (χ3v) is 12.0. The van der Waals surface area contributed by atoms with Crippen molar-refractivity contribution >= 4 is 38.9 Å². The van der Waals surface area contributed by atoms with E-state index in [4.69, 9.17) is 0 Å². The molecule has 0 saturated heterocycles. The molecule has 0 aliphatic carbocycles. The number of anilines is 3. The van der Waals surface area contributed by atoms with E-state index in [0.29, 0.717) is 0 Å². The van der Waals surface area contributed by atoms with Crippen molar-refractivity contribution in [1.82, 2.24) is 4.57 Å². The van der Waals surface area contributed by atoms with Gasteiger partial charge in [0.15, 0.2) is 0 Å². The summed E-state index contributed by atoms with van der Waals surface area (Å²) in [6.45, 7) is 0. The molecule has 1 aromatic heterocycles. The summed E-state index contributed by atoms with van der Waals surface area (Å²) in [6.07, 6.45) is 0. The molecule has 0 aliphatic heterocycles. The predicted molar refractivity (Wildman–Crippen MR) is 263 cm³/mol. The second-order valence-corrected chi connectivity index (χ2v) is 15.8. The molecule has 0 atom stereocenters. The van der Waals surface area contributed by atoms with Gasteiger partial charge in [-0.25, -0.2) is 0 Å². The Labute approximate surface area is 362 Å². The normalized spacial score (nSPS) is 11.2. The highest BCUT2D eigenvalue weighted by Crippen LogP contribution is 2.40. The van der Waals surface area contributed by atoms with Gasteiger partial charge in [0.1, 0.15) is 0 Å². The molecule has 292 valence electrons. The number of aromatic nitrogens is 1. The summed E-state index contributed by atoms with van der Waals surface area (Å²) >= 11 is 0. The van der Waals surface area contributed by atoms with Crippen molar-refractivity contribution in [3.63, 3.8) is 0 Å². The number of hydrogen-bond donors (Lipinski definition) is 0. The molecule has 1 heterocycles. The monoisotopic (exact) mass is 790 g/mol. The molecule has 11 aromatic rings. The number of nitrogens with zero attached hydrogens (tertiary/aromatic N) is 2. The summed E-state index contributed by atoms with van der Waals surface area (Å²) in [6, 6.07) is 92.0. The van der Waals surface area contributed by atoms with Gasteiger partial charge < -0.3 is 9.47 Å². The molecule has 10 aromatic carbocycles. The molecule has 62 heavy (non-hydrogen) atoms. The highest BCUT2D eigenvalue weighted by molar-refractivity contribution is 6.11. The van der Waals surface area contributed by atoms with Gasteiger partial charge in [0.05, 0.1) is 11.0 Å². The van der Waals surface area contributed by atoms with Crippen LogP contribution in [0.15, 0.2) is 255 Å². The van der Waals surface area contributed by atoms with E-state index >= 15 is 0 Å². The van der Waals surface area contributed by atoms with E-state index in [1.54, 1.807) is 0 Å². The fourth-order valence-corrected chi connectivity index (χ4v) is 8.84. The first kappa shape index (κ1) is 36.8. The van der Waals surface area contributed by atoms with E-state index < -0.39 is 0 Å². The van der Waals surface area contributed by atoms with Crippen LogP contribution in [-0.4, -0.2) is 4.57 Å². The van der Waals surface area contributed by atoms with Gasteiger partial charge in [-0.05, 0) is 116 Å². The Bertz CT molecular complexity index is 3080. The zero-order valence-electron chi connectivity index (χ0n) is 34.1. The fraction of sp³-hybridized carbons (Fsp3) is 0. The first-order valence-corrected chi connectivity index (χ1v) is 21.2. The van der Waals surface area contributed by atoms with Crippen LogP contribution in [0.4, 0.5) is 17.1 Å². The zero-order chi connectivity index (χ0) is 41.2. The van der Waals surface area contributed by atoms with Crippen LogP contribution in [0, 0.1) is 0 Å². The lowest BCUT2D eigenvalue weighted by Gasteiger charge is -2.26. The molecule has 11 rings (SSSR count). The van der Waals surface area contributed by atoms with E-state index in [1.165, 1.54) is 77.4 Å². The summed E-state index contributed by atoms with van der Waals surface area (Å²) in [4.78, 5) is 2.34. The van der Waals surface area contributed by atoms with Crippen molar-refractivity contribution in [3.05, 3.63) is 255 Å². The minimum atomic E-state index is 1.10. The summed E-state index contributed by atoms with van der Waals surface area (Å²) in [5.74, 6) is 0. The van der Waals surface area contributed by atoms with Gasteiger partial charge in [-0.3, -0.25) is 0 Å². The van der Waals surface area contributed by atoms with Gasteiger partial charge in [-0.2, -0.15) is 0 Å². The minimum absolute atomic E-state index is 1.10. The average molecular weight is 791 g/mol. The molecule has 0 amide bonds. The van der Waals surface area contributed by atoms with Crippen LogP contribution < -0.4 is 4.90 Å². The lowest BCUT2D eigenvalue weighted by molar-refractivity contribution is 1.18. The Kier molecular flexibility index (Phi) is 9.57. The van der Waals surface area contributed by atoms with Crippen molar-refractivity contribution < 1.29 is 0 Å². The Morgan fingerprint density at radius 2 is 0.484 bits per heavy atom. The highest BCUT2D eigenvalue weighted by Gasteiger charge is 2.17. The average Bonchev–Trinajstić information content (AvgIpc) is 3.69. The second kappa shape index (κ2) is 16.1. The molecular weight excluding hydrogens is 749 g/mol. The molecule has 2 nitrogen and oxygen atoms in total. The quantitative estimate of drug-likeness (QED) is 0.141. The Morgan fingerprint density at radius 1 is 0.226 bits per heavy atom. The smallest absolute Gasteiger partial charge is 0.0547 e. The van der Waals surface area contributed by atoms with Crippen LogP contribution in [0.1, 0.15) is 0 Å². The fourth-order valence-electron chi connectivity index (χ4n) is 8.84. The SMILES string of the molecule is c1ccc(-c2ccc(N(c3ccc(-c4ccccc4)cc3)c3ccc(-c4ccc(-n5c6cc(-c7ccccc7)ccc6c6ccc(-c7ccccc7)cc65)cc4)cc3)cc2)cc1. The number of fused-ring (bicyclic) bond motifs is 3. The molecule has 0 N–H and O–H groups in total. The van der Waals surface area contributed by atoms with Crippen molar-refractivity contribution in [1.29, 1.82) is 0 Å². The maximum absolute atomic E-state index is 2.43. The molecule has 0 saturated carbocycles. The van der Waals surface area contributed by atoms with E-state index in [1.807, 2.05) is 0 Å². The van der Waals surface area contributed by atoms with Gasteiger partial charge >= 0.3 is 0 Å². The minimum Gasteiger partial charge on any atom is -0.311 e. The van der Waals surface area contributed by atoms with Crippen molar-refractivity contribution in [2.75, 3.05) is 4.90 Å². The highest BCUT2D eigenvalue weighted by atomic mass is 15.1. The maximum atomic E-state index is 2.43. The summed E-state index contributed by atoms with van der Waals surface area (Å²) in [5, 5.41) is 2.49. The van der Waals surface area contributed by atoms with Crippen molar-refractivity contribution in [2.45, 2.75) is 0 Å². The molecule has 0 unspecified atom stereocenters. The molecule has 0 radical (unpaired) electrons. The van der Waals surface area contributed by atoms with Gasteiger partial charge in [0.2, 0.25) is 0 Å². The largest absolute Gasteiger partial charge is 0.311 e. The standard InChI is InChI=1S/C60H42N2/c1-5-13-43(14-6-1)47-21-31-53(32-22-47)61(54-33-23-48(24-34-54)44-15-7-2-8-16-44)55-35-25-49(26-36-55)50-27-37-56(38-28-50)62-59-41-51(45-17-9-3-10-18-45)29-39-57(59)58-40-30-52(42-60(58)62)46-19-11-4-12-20-46/h1-42H. The Hall–Kier alpha value is -8.20. The van der Waals surface area contributed by atoms with Crippen molar-refractivity contribution in [2.24, 2.45) is 0 Å². The lowest BCUT2D eigenvalue weighted by Crippen LogP contribution is -2.09. The number of rotatable bonds is 9. The zero-order valence-corrected chi connectivity index (χ0v) is 34.1. The van der Waals surface area contributed by atoms with Crippen LogP contribution in [0.25, 0.3) is 83.1 Å². The first-order chi connectivity index (χ1) is 30.7. The molecule has 0 bridgehead atoms. The van der Waals surface area contributed by atoms with Gasteiger partial charge in [0, 0.05) is 33.5 Å². The Morgan fingerprint density at radius 3 is 0.806 bits per heavy atom. The molecule has 2 heteroatoms. The van der Waals surface area contributed by atoms with Crippen LogP contribution in [0.5, 0.6) is 0 Å². The van der Waals surface area contributed by atoms with E-state index in [-0.39, 0.29) is 0 Å². The molecule has 0 fully saturated rings. The second-order valence-electron chi connectivity index (χ2n) is 15.8. The van der Waals surface area contributed by atoms with Crippen LogP contribution in [0.3, 0.4) is 0 Å². The van der Waals surface area contributed by atoms with E-state index in [0.717, 1.165) is 22.7 Å². The molecular formula is C60H42N2. The molecule has 0 aliphatic rings. The van der Waals surface area contributed by atoms with Gasteiger partial charge in [-0.1, -0.05) is 194 Å². The first-order valence-electron chi connectivity index (χ1n) is 21.2. The van der Waals surface area contributed by atoms with E-state index in [2.05, 4.69) is 264 Å². The van der Waals surface area contributed by atoms with Crippen molar-refractivity contribution in [3.8, 4) is 61.3 Å². The third-order valence-electron chi connectivity index (χ3n) is 12.0.